The number of nitrogens with one attached hydrogen (secondary N) is 2. The van der Waals surface area contributed by atoms with E-state index in [1.165, 1.54) is 56.0 Å². The Bertz CT molecular complexity index is 2170. The van der Waals surface area contributed by atoms with Crippen LogP contribution in [0.3, 0.4) is 0 Å². The molecule has 9 rings (SSSR count). The molecule has 0 saturated carbocycles. The predicted octanol–water partition coefficient (Wildman–Crippen LogP) is 8.72. The van der Waals surface area contributed by atoms with Gasteiger partial charge in [-0.05, 0) is 111 Å². The Kier molecular flexibility index (Phi) is 6.84. The summed E-state index contributed by atoms with van der Waals surface area (Å²) in [5.74, 6) is 0.160. The van der Waals surface area contributed by atoms with Crippen molar-refractivity contribution in [2.24, 2.45) is 41.1 Å². The summed E-state index contributed by atoms with van der Waals surface area (Å²) in [6.45, 7) is 0. The van der Waals surface area contributed by atoms with Crippen LogP contribution in [-0.4, -0.2) is 18.0 Å². The zero-order valence-corrected chi connectivity index (χ0v) is 27.0. The normalized spacial score (nSPS) is 30.5. The van der Waals surface area contributed by atoms with Crippen molar-refractivity contribution < 1.29 is 0 Å². The molecule has 2 aromatic carbocycles. The van der Waals surface area contributed by atoms with Gasteiger partial charge in [0, 0.05) is 46.9 Å². The molecule has 4 heteroatoms. The largest absolute Gasteiger partial charge is 0.405 e. The maximum absolute atomic E-state index is 8.97. The van der Waals surface area contributed by atoms with Crippen molar-refractivity contribution in [1.82, 2.24) is 0 Å². The summed E-state index contributed by atoms with van der Waals surface area (Å²) < 4.78 is 0. The maximum Gasteiger partial charge on any atom is 0.0395 e. The molecule has 7 aliphatic rings. The van der Waals surface area contributed by atoms with E-state index >= 15 is 0 Å². The lowest BCUT2D eigenvalue weighted by Crippen LogP contribution is -2.42. The molecule has 6 atom stereocenters. The lowest BCUT2D eigenvalue weighted by Gasteiger charge is -2.48. The summed E-state index contributed by atoms with van der Waals surface area (Å²) in [6, 6.07) is 9.11. The van der Waals surface area contributed by atoms with E-state index in [4.69, 9.17) is 22.3 Å². The summed E-state index contributed by atoms with van der Waals surface area (Å²) in [4.78, 5) is 0. The molecular weight excluding hydrogens is 585 g/mol. The van der Waals surface area contributed by atoms with Crippen molar-refractivity contribution >= 4 is 39.9 Å². The highest BCUT2D eigenvalue weighted by atomic mass is 14.7. The summed E-state index contributed by atoms with van der Waals surface area (Å²) in [6.07, 6.45) is 38.2. The molecule has 236 valence electrons. The zero-order valence-electron chi connectivity index (χ0n) is 27.0. The minimum Gasteiger partial charge on any atom is -0.405 e. The first-order valence-electron chi connectivity index (χ1n) is 17.4. The van der Waals surface area contributed by atoms with Gasteiger partial charge in [0.1, 0.15) is 0 Å². The van der Waals surface area contributed by atoms with E-state index in [1.54, 1.807) is 0 Å². The van der Waals surface area contributed by atoms with Gasteiger partial charge in [0.15, 0.2) is 0 Å². The predicted molar refractivity (Wildman–Crippen MR) is 200 cm³/mol. The van der Waals surface area contributed by atoms with Crippen molar-refractivity contribution in [2.75, 3.05) is 0 Å². The topological polar surface area (TPSA) is 99.7 Å². The fourth-order valence-corrected chi connectivity index (χ4v) is 9.66. The Labute approximate surface area is 282 Å². The van der Waals surface area contributed by atoms with Gasteiger partial charge in [0.05, 0.1) is 0 Å². The van der Waals surface area contributed by atoms with E-state index in [2.05, 4.69) is 103 Å². The Hall–Kier alpha value is -5.06. The molecule has 48 heavy (non-hydrogen) atoms. The molecule has 0 aliphatic heterocycles. The Morgan fingerprint density at radius 3 is 2.50 bits per heavy atom. The second-order valence-electron chi connectivity index (χ2n) is 14.0. The van der Waals surface area contributed by atoms with E-state index in [1.807, 2.05) is 12.3 Å². The minimum absolute atomic E-state index is 0.00531. The van der Waals surface area contributed by atoms with Crippen LogP contribution in [0, 0.1) is 40.4 Å². The molecular formula is C44H40N4. The van der Waals surface area contributed by atoms with Gasteiger partial charge in [-0.2, -0.15) is 0 Å². The third kappa shape index (κ3) is 4.18. The molecule has 6 unspecified atom stereocenters. The Morgan fingerprint density at radius 1 is 0.854 bits per heavy atom. The van der Waals surface area contributed by atoms with Crippen LogP contribution in [0.15, 0.2) is 137 Å². The van der Waals surface area contributed by atoms with Gasteiger partial charge < -0.3 is 22.3 Å². The third-order valence-electron chi connectivity index (χ3n) is 11.7. The fourth-order valence-electron chi connectivity index (χ4n) is 9.66. The van der Waals surface area contributed by atoms with E-state index in [0.29, 0.717) is 12.1 Å². The smallest absolute Gasteiger partial charge is 0.0395 e. The first kappa shape index (κ1) is 29.1. The zero-order chi connectivity index (χ0) is 32.5. The molecule has 0 bridgehead atoms. The van der Waals surface area contributed by atoms with Crippen LogP contribution in [0.4, 0.5) is 0 Å². The van der Waals surface area contributed by atoms with Crippen LogP contribution in [0.5, 0.6) is 0 Å². The number of hydrogen-bond donors (Lipinski definition) is 4. The molecule has 0 fully saturated rings. The lowest BCUT2D eigenvalue weighted by atomic mass is 9.55. The van der Waals surface area contributed by atoms with Crippen LogP contribution in [0.1, 0.15) is 41.5 Å². The molecule has 6 N–H and O–H groups in total. The minimum atomic E-state index is -0.154. The van der Waals surface area contributed by atoms with Crippen molar-refractivity contribution in [2.45, 2.75) is 31.7 Å². The van der Waals surface area contributed by atoms with Crippen molar-refractivity contribution in [1.29, 1.82) is 10.8 Å². The molecule has 7 aliphatic carbocycles. The van der Waals surface area contributed by atoms with Gasteiger partial charge in [0.25, 0.3) is 0 Å². The average Bonchev–Trinajstić information content (AvgIpc) is 3.43. The monoisotopic (exact) mass is 624 g/mol. The van der Waals surface area contributed by atoms with Crippen molar-refractivity contribution in [3.8, 4) is 0 Å². The second-order valence-corrected chi connectivity index (χ2v) is 14.0. The lowest BCUT2D eigenvalue weighted by molar-refractivity contribution is 0.296. The SMILES string of the molecule is N=C/C(C1=C2C=CC=CC2C(/C(=C/N)C2C=CC=CC2N)C2C=C3C(=CC12)c1cc2c(c4cccc3c14)CCC=C2)=C1/C=CCCC1=N. The summed E-state index contributed by atoms with van der Waals surface area (Å²) in [5, 5.41) is 20.6. The third-order valence-corrected chi connectivity index (χ3v) is 11.7. The summed E-state index contributed by atoms with van der Waals surface area (Å²) >= 11 is 0. The quantitative estimate of drug-likeness (QED) is 0.256. The summed E-state index contributed by atoms with van der Waals surface area (Å²) in [5.41, 5.74) is 27.3. The number of rotatable bonds is 4. The number of allylic oxidation sites excluding steroid dienone is 17. The van der Waals surface area contributed by atoms with Crippen molar-refractivity contribution in [3.05, 3.63) is 160 Å². The highest BCUT2D eigenvalue weighted by Crippen LogP contribution is 2.59. The standard InChI is InChI=1S/C44H40N4/c45-23-38(27-12-5-7-18-40(27)47)43-30-14-3-4-15-31(30)44(39(24-46)28-13-6-8-19-41(28)48)37-22-34-33(21-36(37)43)32-17-9-16-29-26-11-2-1-10-25(26)20-35(34)42(29)32/h1,3-7,9-10,12-18,20-24,27,30,36-37,40,43,46,48H,2,8,11,19,45,47H2/b38-23+,39-28+,46-24?,48-41?. The van der Waals surface area contributed by atoms with Gasteiger partial charge in [-0.3, -0.25) is 0 Å². The Morgan fingerprint density at radius 2 is 1.67 bits per heavy atom. The maximum atomic E-state index is 8.97. The molecule has 0 heterocycles. The van der Waals surface area contributed by atoms with Gasteiger partial charge in [-0.25, -0.2) is 0 Å². The molecule has 0 radical (unpaired) electrons. The second kappa shape index (κ2) is 11.3. The molecule has 0 amide bonds. The van der Waals surface area contributed by atoms with E-state index in [-0.39, 0.29) is 35.6 Å². The van der Waals surface area contributed by atoms with Gasteiger partial charge in [-0.1, -0.05) is 103 Å². The fraction of sp³-hybridized carbons (Fsp3) is 0.227. The van der Waals surface area contributed by atoms with Crippen LogP contribution in [0.25, 0.3) is 28.0 Å². The number of nitrogens with two attached hydrogens (primary N) is 2. The molecule has 0 aromatic heterocycles. The number of fused-ring (bicyclic) bond motifs is 7. The van der Waals surface area contributed by atoms with E-state index in [9.17, 15) is 0 Å². The van der Waals surface area contributed by atoms with Crippen LogP contribution >= 0.6 is 0 Å². The van der Waals surface area contributed by atoms with Crippen LogP contribution in [0.2, 0.25) is 0 Å². The summed E-state index contributed by atoms with van der Waals surface area (Å²) in [7, 11) is 0. The van der Waals surface area contributed by atoms with Crippen LogP contribution in [-0.2, 0) is 6.42 Å². The molecule has 2 aromatic rings. The van der Waals surface area contributed by atoms with Crippen molar-refractivity contribution in [3.63, 3.8) is 0 Å². The highest BCUT2D eigenvalue weighted by Gasteiger charge is 2.48. The van der Waals surface area contributed by atoms with Gasteiger partial charge >= 0.3 is 0 Å². The Balaban J connectivity index is 1.33. The number of aryl methyl sites for hydroxylation is 1. The molecule has 0 spiro atoms. The molecule has 4 nitrogen and oxygen atoms in total. The first-order valence-corrected chi connectivity index (χ1v) is 17.4. The van der Waals surface area contributed by atoms with E-state index in [0.717, 1.165) is 41.6 Å². The first-order chi connectivity index (χ1) is 23.6. The molecule has 0 saturated heterocycles. The highest BCUT2D eigenvalue weighted by molar-refractivity contribution is 6.23. The van der Waals surface area contributed by atoms with E-state index < -0.39 is 0 Å². The van der Waals surface area contributed by atoms with Gasteiger partial charge in [-0.15, -0.1) is 0 Å². The number of benzene rings is 2. The van der Waals surface area contributed by atoms with Gasteiger partial charge in [0.2, 0.25) is 0 Å². The number of hydrogen-bond acceptors (Lipinski definition) is 4. The van der Waals surface area contributed by atoms with Crippen LogP contribution < -0.4 is 11.5 Å². The average molecular weight is 625 g/mol.